The lowest BCUT2D eigenvalue weighted by atomic mass is 10.3. The van der Waals surface area contributed by atoms with Crippen molar-refractivity contribution in [2.24, 2.45) is 0 Å². The molecule has 0 heterocycles. The first-order chi connectivity index (χ1) is 3.91. The van der Waals surface area contributed by atoms with E-state index in [-0.39, 0.29) is 0 Å². The van der Waals surface area contributed by atoms with Crippen LogP contribution in [0.2, 0.25) is 0 Å². The molecule has 0 radical (unpaired) electrons. The van der Waals surface area contributed by atoms with Gasteiger partial charge in [-0.15, -0.1) is 13.1 Å². The minimum atomic E-state index is 1.06. The fraction of sp³-hybridized carbons (Fsp3) is 1.00. The maximum absolute atomic E-state index is 4.28. The zero-order chi connectivity index (χ0) is 6.24. The first kappa shape index (κ1) is 7.96. The Labute approximate surface area is 52.5 Å². The summed E-state index contributed by atoms with van der Waals surface area (Å²) in [6, 6.07) is 0. The van der Waals surface area contributed by atoms with Gasteiger partial charge in [0.1, 0.15) is 0 Å². The van der Waals surface area contributed by atoms with E-state index < -0.39 is 0 Å². The van der Waals surface area contributed by atoms with Gasteiger partial charge in [0, 0.05) is 0 Å². The SMILES string of the molecule is CCCC[N-]CCC. The molecule has 0 aromatic heterocycles. The second kappa shape index (κ2) is 6.96. The van der Waals surface area contributed by atoms with Crippen molar-refractivity contribution in [1.82, 2.24) is 0 Å². The molecule has 0 bridgehead atoms. The van der Waals surface area contributed by atoms with Crippen LogP contribution < -0.4 is 0 Å². The van der Waals surface area contributed by atoms with Gasteiger partial charge in [-0.25, -0.2) is 0 Å². The number of rotatable bonds is 5. The van der Waals surface area contributed by atoms with E-state index in [2.05, 4.69) is 19.2 Å². The van der Waals surface area contributed by atoms with E-state index in [1.807, 2.05) is 0 Å². The van der Waals surface area contributed by atoms with Crippen molar-refractivity contribution in [3.8, 4) is 0 Å². The van der Waals surface area contributed by atoms with Crippen molar-refractivity contribution >= 4 is 0 Å². The summed E-state index contributed by atoms with van der Waals surface area (Å²) in [7, 11) is 0. The average Bonchev–Trinajstić information content (AvgIpc) is 1.81. The molecule has 0 spiro atoms. The van der Waals surface area contributed by atoms with Crippen LogP contribution in [0.5, 0.6) is 0 Å². The van der Waals surface area contributed by atoms with Gasteiger partial charge < -0.3 is 5.32 Å². The Kier molecular flexibility index (Phi) is 6.93. The van der Waals surface area contributed by atoms with Crippen molar-refractivity contribution in [3.05, 3.63) is 5.32 Å². The lowest BCUT2D eigenvalue weighted by Crippen LogP contribution is -1.85. The van der Waals surface area contributed by atoms with Crippen LogP contribution in [0.25, 0.3) is 5.32 Å². The molecule has 0 atom stereocenters. The Balaban J connectivity index is 2.53. The molecule has 0 fully saturated rings. The van der Waals surface area contributed by atoms with Gasteiger partial charge in [-0.3, -0.25) is 0 Å². The molecule has 1 nitrogen and oxygen atoms in total. The lowest BCUT2D eigenvalue weighted by molar-refractivity contribution is 0.818. The summed E-state index contributed by atoms with van der Waals surface area (Å²) >= 11 is 0. The first-order valence-electron chi connectivity index (χ1n) is 3.55. The molecule has 0 aromatic rings. The molecular formula is C7H16N-. The Morgan fingerprint density at radius 3 is 2.25 bits per heavy atom. The molecule has 0 N–H and O–H groups in total. The smallest absolute Gasteiger partial charge is 0.0578 e. The predicted molar refractivity (Wildman–Crippen MR) is 38.3 cm³/mol. The molecule has 0 aliphatic carbocycles. The lowest BCUT2D eigenvalue weighted by Gasteiger charge is -2.15. The van der Waals surface area contributed by atoms with Crippen LogP contribution in [0.15, 0.2) is 0 Å². The fourth-order valence-corrected chi connectivity index (χ4v) is 0.540. The monoisotopic (exact) mass is 114 g/mol. The highest BCUT2D eigenvalue weighted by atomic mass is 14.8. The van der Waals surface area contributed by atoms with Crippen LogP contribution in [0.1, 0.15) is 33.1 Å². The summed E-state index contributed by atoms with van der Waals surface area (Å²) in [5.74, 6) is 0. The standard InChI is InChI=1S/C7H16N/c1-3-5-7-8-6-4-2/h3-7H2,1-2H3/q-1. The third kappa shape index (κ3) is 5.96. The van der Waals surface area contributed by atoms with Gasteiger partial charge in [-0.05, 0) is 0 Å². The average molecular weight is 114 g/mol. The zero-order valence-corrected chi connectivity index (χ0v) is 5.98. The highest BCUT2D eigenvalue weighted by Crippen LogP contribution is 1.94. The van der Waals surface area contributed by atoms with Gasteiger partial charge in [0.2, 0.25) is 0 Å². The van der Waals surface area contributed by atoms with Crippen LogP contribution in [0, 0.1) is 0 Å². The molecule has 0 saturated heterocycles. The van der Waals surface area contributed by atoms with Crippen molar-refractivity contribution in [3.63, 3.8) is 0 Å². The van der Waals surface area contributed by atoms with E-state index in [1.54, 1.807) is 0 Å². The predicted octanol–water partition coefficient (Wildman–Crippen LogP) is 2.57. The molecule has 0 unspecified atom stereocenters. The summed E-state index contributed by atoms with van der Waals surface area (Å²) in [6.07, 6.45) is 3.73. The van der Waals surface area contributed by atoms with Crippen LogP contribution in [0.3, 0.4) is 0 Å². The third-order valence-electron chi connectivity index (χ3n) is 1.05. The van der Waals surface area contributed by atoms with E-state index in [9.17, 15) is 0 Å². The Morgan fingerprint density at radius 1 is 1.00 bits per heavy atom. The minimum absolute atomic E-state index is 1.06. The van der Waals surface area contributed by atoms with E-state index >= 15 is 0 Å². The molecule has 1 heteroatoms. The molecule has 0 aromatic carbocycles. The van der Waals surface area contributed by atoms with Crippen LogP contribution in [0.4, 0.5) is 0 Å². The van der Waals surface area contributed by atoms with Gasteiger partial charge in [0.15, 0.2) is 0 Å². The van der Waals surface area contributed by atoms with Crippen LogP contribution >= 0.6 is 0 Å². The maximum atomic E-state index is 4.28. The molecule has 0 saturated carbocycles. The molecular weight excluding hydrogens is 98.1 g/mol. The second-order valence-electron chi connectivity index (χ2n) is 2.02. The van der Waals surface area contributed by atoms with E-state index in [0.29, 0.717) is 0 Å². The number of nitrogens with zero attached hydrogens (tertiary/aromatic N) is 1. The highest BCUT2D eigenvalue weighted by molar-refractivity contribution is 4.76. The van der Waals surface area contributed by atoms with Crippen molar-refractivity contribution in [1.29, 1.82) is 0 Å². The number of hydrogen-bond acceptors (Lipinski definition) is 0. The van der Waals surface area contributed by atoms with E-state index in [1.165, 1.54) is 19.3 Å². The van der Waals surface area contributed by atoms with Gasteiger partial charge in [-0.2, -0.15) is 0 Å². The number of unbranched alkanes of at least 4 members (excludes halogenated alkanes) is 1. The van der Waals surface area contributed by atoms with E-state index in [0.717, 1.165) is 13.1 Å². The topological polar surface area (TPSA) is 14.1 Å². The minimum Gasteiger partial charge on any atom is -0.662 e. The Hall–Kier alpha value is -0.0400. The van der Waals surface area contributed by atoms with Gasteiger partial charge >= 0.3 is 0 Å². The maximum Gasteiger partial charge on any atom is -0.0578 e. The van der Waals surface area contributed by atoms with Crippen molar-refractivity contribution in [2.45, 2.75) is 33.1 Å². The molecule has 0 rings (SSSR count). The number of hydrogen-bond donors (Lipinski definition) is 0. The summed E-state index contributed by atoms with van der Waals surface area (Å²) in [4.78, 5) is 0. The van der Waals surface area contributed by atoms with Gasteiger partial charge in [0.05, 0.1) is 0 Å². The third-order valence-corrected chi connectivity index (χ3v) is 1.05. The van der Waals surface area contributed by atoms with Crippen molar-refractivity contribution < 1.29 is 0 Å². The van der Waals surface area contributed by atoms with Crippen LogP contribution in [-0.2, 0) is 0 Å². The largest absolute Gasteiger partial charge is 0.662 e. The van der Waals surface area contributed by atoms with E-state index in [4.69, 9.17) is 0 Å². The Morgan fingerprint density at radius 2 is 1.75 bits per heavy atom. The van der Waals surface area contributed by atoms with Gasteiger partial charge in [-0.1, -0.05) is 33.1 Å². The normalized spacial score (nSPS) is 9.75. The quantitative estimate of drug-likeness (QED) is 0.488. The molecule has 0 aliphatic heterocycles. The second-order valence-corrected chi connectivity index (χ2v) is 2.02. The summed E-state index contributed by atoms with van der Waals surface area (Å²) < 4.78 is 0. The molecule has 0 amide bonds. The van der Waals surface area contributed by atoms with Gasteiger partial charge in [0.25, 0.3) is 0 Å². The molecule has 8 heavy (non-hydrogen) atoms. The summed E-state index contributed by atoms with van der Waals surface area (Å²) in [5, 5.41) is 4.28. The first-order valence-corrected chi connectivity index (χ1v) is 3.55. The fourth-order valence-electron chi connectivity index (χ4n) is 0.540. The summed E-state index contributed by atoms with van der Waals surface area (Å²) in [6.45, 7) is 6.49. The molecule has 50 valence electrons. The van der Waals surface area contributed by atoms with Crippen molar-refractivity contribution in [2.75, 3.05) is 13.1 Å². The summed E-state index contributed by atoms with van der Waals surface area (Å²) in [5.41, 5.74) is 0. The zero-order valence-electron chi connectivity index (χ0n) is 5.98. The van der Waals surface area contributed by atoms with Crippen LogP contribution in [-0.4, -0.2) is 13.1 Å². The Bertz CT molecular complexity index is 29.4. The molecule has 0 aliphatic rings. The highest BCUT2D eigenvalue weighted by Gasteiger charge is 1.69.